The minimum absolute atomic E-state index is 0.149. The molecule has 1 N–H and O–H groups in total. The van der Waals surface area contributed by atoms with E-state index in [4.69, 9.17) is 9.72 Å². The highest BCUT2D eigenvalue weighted by Crippen LogP contribution is 2.26. The molecule has 8 nitrogen and oxygen atoms in total. The third kappa shape index (κ3) is 5.71. The first-order valence-corrected chi connectivity index (χ1v) is 12.3. The first-order chi connectivity index (χ1) is 16.1. The first kappa shape index (κ1) is 25.6. The summed E-state index contributed by atoms with van der Waals surface area (Å²) < 4.78 is 6.66. The van der Waals surface area contributed by atoms with E-state index in [1.54, 1.807) is 38.1 Å². The van der Waals surface area contributed by atoms with E-state index in [1.807, 2.05) is 13.8 Å². The van der Waals surface area contributed by atoms with Gasteiger partial charge >= 0.3 is 5.97 Å². The maximum atomic E-state index is 13.4. The highest BCUT2D eigenvalue weighted by molar-refractivity contribution is 7.18. The van der Waals surface area contributed by atoms with Gasteiger partial charge < -0.3 is 10.1 Å². The molecule has 0 aliphatic rings. The van der Waals surface area contributed by atoms with Gasteiger partial charge in [0.15, 0.2) is 0 Å². The Labute approximate surface area is 203 Å². The van der Waals surface area contributed by atoms with Crippen LogP contribution in [-0.4, -0.2) is 45.5 Å². The van der Waals surface area contributed by atoms with Crippen LogP contribution in [0.1, 0.15) is 54.3 Å². The van der Waals surface area contributed by atoms with Crippen LogP contribution in [0.3, 0.4) is 0 Å². The van der Waals surface area contributed by atoms with Crippen LogP contribution in [-0.2, 0) is 22.6 Å². The summed E-state index contributed by atoms with van der Waals surface area (Å²) >= 11 is 1.51. The van der Waals surface area contributed by atoms with Crippen LogP contribution in [0.2, 0.25) is 0 Å². The standard InChI is InChI=1S/C25H32N4O4S/c1-7-28(8-2)13-20-27-23-22(16(5)17(6)34-23)24(31)29(20)14-21(30)26-19-11-9-18(10-12-19)25(32)33-15(3)4/h9-12,15H,7-8,13-14H2,1-6H3,(H,26,30). The Kier molecular flexibility index (Phi) is 8.22. The molecule has 0 aliphatic heterocycles. The zero-order valence-corrected chi connectivity index (χ0v) is 21.4. The van der Waals surface area contributed by atoms with Gasteiger partial charge in [0.1, 0.15) is 17.2 Å². The Morgan fingerprint density at radius 1 is 1.15 bits per heavy atom. The highest BCUT2D eigenvalue weighted by Gasteiger charge is 2.19. The Balaban J connectivity index is 1.87. The number of fused-ring (bicyclic) bond motifs is 1. The molecule has 0 bridgehead atoms. The van der Waals surface area contributed by atoms with Gasteiger partial charge in [-0.3, -0.25) is 19.1 Å². The number of hydrogen-bond donors (Lipinski definition) is 1. The molecule has 34 heavy (non-hydrogen) atoms. The molecule has 0 radical (unpaired) electrons. The summed E-state index contributed by atoms with van der Waals surface area (Å²) in [7, 11) is 0. The fourth-order valence-corrected chi connectivity index (χ4v) is 4.65. The van der Waals surface area contributed by atoms with E-state index in [-0.39, 0.29) is 24.1 Å². The predicted molar refractivity (Wildman–Crippen MR) is 136 cm³/mol. The molecule has 0 saturated carbocycles. The number of hydrogen-bond acceptors (Lipinski definition) is 7. The third-order valence-corrected chi connectivity index (χ3v) is 6.78. The predicted octanol–water partition coefficient (Wildman–Crippen LogP) is 4.12. The van der Waals surface area contributed by atoms with Crippen molar-refractivity contribution in [2.45, 2.75) is 60.7 Å². The summed E-state index contributed by atoms with van der Waals surface area (Å²) in [5, 5.41) is 3.39. The zero-order valence-electron chi connectivity index (χ0n) is 20.6. The van der Waals surface area contributed by atoms with E-state index in [1.165, 1.54) is 15.9 Å². The fraction of sp³-hybridized carbons (Fsp3) is 0.440. The van der Waals surface area contributed by atoms with E-state index in [9.17, 15) is 14.4 Å². The molecular formula is C25H32N4O4S. The summed E-state index contributed by atoms with van der Waals surface area (Å²) in [6.07, 6.45) is -0.211. The van der Waals surface area contributed by atoms with E-state index >= 15 is 0 Å². The van der Waals surface area contributed by atoms with E-state index in [0.717, 1.165) is 23.5 Å². The van der Waals surface area contributed by atoms with Crippen molar-refractivity contribution in [3.8, 4) is 0 Å². The number of esters is 1. The molecule has 9 heteroatoms. The normalized spacial score (nSPS) is 11.4. The SMILES string of the molecule is CCN(CC)Cc1nc2sc(C)c(C)c2c(=O)n1CC(=O)Nc1ccc(C(=O)OC(C)C)cc1. The number of anilines is 1. The Hall–Kier alpha value is -3.04. The second-order valence-corrected chi connectivity index (χ2v) is 9.63. The number of amides is 1. The Bertz CT molecular complexity index is 1240. The van der Waals surface area contributed by atoms with Crippen molar-refractivity contribution in [3.63, 3.8) is 0 Å². The van der Waals surface area contributed by atoms with Crippen LogP contribution in [0.15, 0.2) is 29.1 Å². The second kappa shape index (κ2) is 10.9. The molecule has 2 aromatic heterocycles. The largest absolute Gasteiger partial charge is 0.459 e. The van der Waals surface area contributed by atoms with Crippen molar-refractivity contribution in [2.75, 3.05) is 18.4 Å². The van der Waals surface area contributed by atoms with Crippen LogP contribution in [0.4, 0.5) is 5.69 Å². The smallest absolute Gasteiger partial charge is 0.338 e. The van der Waals surface area contributed by atoms with Crippen LogP contribution < -0.4 is 10.9 Å². The molecule has 0 saturated heterocycles. The average Bonchev–Trinajstić information content (AvgIpc) is 3.07. The van der Waals surface area contributed by atoms with Gasteiger partial charge in [-0.15, -0.1) is 11.3 Å². The number of ether oxygens (including phenoxy) is 1. The fourth-order valence-electron chi connectivity index (χ4n) is 3.62. The summed E-state index contributed by atoms with van der Waals surface area (Å²) in [6.45, 7) is 13.5. The molecule has 3 rings (SSSR count). The van der Waals surface area contributed by atoms with E-state index in [2.05, 4.69) is 24.1 Å². The average molecular weight is 485 g/mol. The number of carbonyl (C=O) groups is 2. The maximum Gasteiger partial charge on any atom is 0.338 e. The number of carbonyl (C=O) groups excluding carboxylic acids is 2. The van der Waals surface area contributed by atoms with Crippen molar-refractivity contribution < 1.29 is 14.3 Å². The van der Waals surface area contributed by atoms with Gasteiger partial charge in [-0.2, -0.15) is 0 Å². The molecule has 0 atom stereocenters. The molecule has 1 amide bonds. The van der Waals surface area contributed by atoms with E-state index in [0.29, 0.717) is 33.8 Å². The number of rotatable bonds is 9. The number of nitrogens with one attached hydrogen (secondary N) is 1. The van der Waals surface area contributed by atoms with Gasteiger partial charge in [0, 0.05) is 10.6 Å². The minimum atomic E-state index is -0.415. The van der Waals surface area contributed by atoms with Crippen LogP contribution in [0.25, 0.3) is 10.2 Å². The monoisotopic (exact) mass is 484 g/mol. The quantitative estimate of drug-likeness (QED) is 0.459. The first-order valence-electron chi connectivity index (χ1n) is 11.5. The van der Waals surface area contributed by atoms with Crippen molar-refractivity contribution in [2.24, 2.45) is 0 Å². The molecule has 182 valence electrons. The van der Waals surface area contributed by atoms with Gasteiger partial charge in [0.05, 0.1) is 23.6 Å². The number of aryl methyl sites for hydroxylation is 2. The molecule has 0 spiro atoms. The molecular weight excluding hydrogens is 452 g/mol. The zero-order chi connectivity index (χ0) is 25.0. The van der Waals surface area contributed by atoms with Gasteiger partial charge in [-0.1, -0.05) is 13.8 Å². The maximum absolute atomic E-state index is 13.4. The third-order valence-electron chi connectivity index (χ3n) is 5.68. The van der Waals surface area contributed by atoms with Gasteiger partial charge in [-0.25, -0.2) is 9.78 Å². The van der Waals surface area contributed by atoms with Crippen molar-refractivity contribution in [1.29, 1.82) is 0 Å². The number of aromatic nitrogens is 2. The lowest BCUT2D eigenvalue weighted by atomic mass is 10.2. The summed E-state index contributed by atoms with van der Waals surface area (Å²) in [5.41, 5.74) is 1.64. The van der Waals surface area contributed by atoms with Gasteiger partial charge in [0.2, 0.25) is 5.91 Å². The van der Waals surface area contributed by atoms with Crippen molar-refractivity contribution >= 4 is 39.1 Å². The molecule has 0 unspecified atom stereocenters. The number of nitrogens with zero attached hydrogens (tertiary/aromatic N) is 3. The lowest BCUT2D eigenvalue weighted by molar-refractivity contribution is -0.116. The highest BCUT2D eigenvalue weighted by atomic mass is 32.1. The second-order valence-electron chi connectivity index (χ2n) is 8.42. The van der Waals surface area contributed by atoms with Crippen LogP contribution >= 0.6 is 11.3 Å². The topological polar surface area (TPSA) is 93.5 Å². The molecule has 2 heterocycles. The Morgan fingerprint density at radius 2 is 1.79 bits per heavy atom. The van der Waals surface area contributed by atoms with Gasteiger partial charge in [0.25, 0.3) is 5.56 Å². The minimum Gasteiger partial charge on any atom is -0.459 e. The lowest BCUT2D eigenvalue weighted by Gasteiger charge is -2.20. The number of thiophene rings is 1. The molecule has 0 aliphatic carbocycles. The molecule has 3 aromatic rings. The van der Waals surface area contributed by atoms with Crippen LogP contribution in [0, 0.1) is 13.8 Å². The Morgan fingerprint density at radius 3 is 2.38 bits per heavy atom. The van der Waals surface area contributed by atoms with E-state index < -0.39 is 5.97 Å². The summed E-state index contributed by atoms with van der Waals surface area (Å²) in [6, 6.07) is 6.48. The van der Waals surface area contributed by atoms with Gasteiger partial charge in [-0.05, 0) is 70.6 Å². The van der Waals surface area contributed by atoms with Crippen molar-refractivity contribution in [1.82, 2.24) is 14.5 Å². The summed E-state index contributed by atoms with van der Waals surface area (Å²) in [5.74, 6) is -0.184. The summed E-state index contributed by atoms with van der Waals surface area (Å²) in [4.78, 5) is 47.0. The van der Waals surface area contributed by atoms with Crippen molar-refractivity contribution in [3.05, 3.63) is 56.4 Å². The molecule has 0 fully saturated rings. The number of benzene rings is 1. The van der Waals surface area contributed by atoms with Crippen LogP contribution in [0.5, 0.6) is 0 Å². The molecule has 1 aromatic carbocycles. The lowest BCUT2D eigenvalue weighted by Crippen LogP contribution is -2.34.